The Morgan fingerprint density at radius 2 is 1.73 bits per heavy atom. The fourth-order valence-electron chi connectivity index (χ4n) is 3.55. The maximum absolute atomic E-state index is 5.88. The smallest absolute Gasteiger partial charge is 0.00738 e. The summed E-state index contributed by atoms with van der Waals surface area (Å²) in [4.78, 5) is 0. The average molecular weight is 151 g/mol. The Kier molecular flexibility index (Phi) is 1.18. The molecule has 3 saturated carbocycles. The molecule has 2 N–H and O–H groups in total. The molecule has 62 valence electrons. The van der Waals surface area contributed by atoms with E-state index in [1.54, 1.807) is 6.42 Å². The van der Waals surface area contributed by atoms with Crippen LogP contribution in [0.4, 0.5) is 0 Å². The lowest BCUT2D eigenvalue weighted by Crippen LogP contribution is -2.16. The van der Waals surface area contributed by atoms with Gasteiger partial charge >= 0.3 is 0 Å². The molecule has 0 aliphatic heterocycles. The SMILES string of the molecule is NC1CC1C1CC2CCC1C2. The summed E-state index contributed by atoms with van der Waals surface area (Å²) in [6.07, 6.45) is 7.48. The highest BCUT2D eigenvalue weighted by Gasteiger charge is 2.49. The highest BCUT2D eigenvalue weighted by molar-refractivity contribution is 5.02. The van der Waals surface area contributed by atoms with Gasteiger partial charge in [0.15, 0.2) is 0 Å². The highest BCUT2D eigenvalue weighted by atomic mass is 14.8. The summed E-state index contributed by atoms with van der Waals surface area (Å²) in [5.41, 5.74) is 5.88. The minimum absolute atomic E-state index is 0.597. The summed E-state index contributed by atoms with van der Waals surface area (Å²) in [5, 5.41) is 0. The third-order valence-electron chi connectivity index (χ3n) is 4.23. The number of hydrogen-bond donors (Lipinski definition) is 1. The van der Waals surface area contributed by atoms with Crippen LogP contribution in [0.1, 0.15) is 32.1 Å². The molecule has 0 aromatic carbocycles. The third-order valence-corrected chi connectivity index (χ3v) is 4.23. The zero-order valence-corrected chi connectivity index (χ0v) is 7.00. The standard InChI is InChI=1S/C10H17N/c11-10-5-9(10)8-4-6-1-2-7(8)3-6/h6-10H,1-5,11H2. The minimum Gasteiger partial charge on any atom is -0.327 e. The van der Waals surface area contributed by atoms with Gasteiger partial charge in [0.2, 0.25) is 0 Å². The molecule has 3 fully saturated rings. The van der Waals surface area contributed by atoms with E-state index in [2.05, 4.69) is 0 Å². The second-order valence-electron chi connectivity index (χ2n) is 4.90. The molecule has 1 heteroatoms. The van der Waals surface area contributed by atoms with Crippen LogP contribution in [0.15, 0.2) is 0 Å². The van der Waals surface area contributed by atoms with Gasteiger partial charge in [0.1, 0.15) is 0 Å². The Balaban J connectivity index is 1.72. The fourth-order valence-corrected chi connectivity index (χ4v) is 3.55. The van der Waals surface area contributed by atoms with E-state index in [1.807, 2.05) is 0 Å². The van der Waals surface area contributed by atoms with Gasteiger partial charge in [-0.2, -0.15) is 0 Å². The molecular formula is C10H17N. The predicted octanol–water partition coefficient (Wildman–Crippen LogP) is 1.77. The van der Waals surface area contributed by atoms with Crippen LogP contribution in [0, 0.1) is 23.7 Å². The van der Waals surface area contributed by atoms with Crippen molar-refractivity contribution in [3.05, 3.63) is 0 Å². The molecule has 11 heavy (non-hydrogen) atoms. The van der Waals surface area contributed by atoms with Crippen LogP contribution in [0.3, 0.4) is 0 Å². The molecule has 2 bridgehead atoms. The molecule has 3 rings (SSSR count). The van der Waals surface area contributed by atoms with E-state index in [4.69, 9.17) is 5.73 Å². The van der Waals surface area contributed by atoms with Crippen molar-refractivity contribution in [2.45, 2.75) is 38.1 Å². The van der Waals surface area contributed by atoms with Gasteiger partial charge in [0.25, 0.3) is 0 Å². The first-order valence-corrected chi connectivity index (χ1v) is 5.10. The zero-order chi connectivity index (χ0) is 7.42. The van der Waals surface area contributed by atoms with Crippen LogP contribution in [-0.2, 0) is 0 Å². The van der Waals surface area contributed by atoms with Crippen molar-refractivity contribution in [2.75, 3.05) is 0 Å². The second-order valence-corrected chi connectivity index (χ2v) is 4.90. The topological polar surface area (TPSA) is 26.0 Å². The van der Waals surface area contributed by atoms with Crippen molar-refractivity contribution in [1.82, 2.24) is 0 Å². The molecule has 3 aliphatic carbocycles. The van der Waals surface area contributed by atoms with E-state index in [1.165, 1.54) is 25.7 Å². The molecule has 0 spiro atoms. The lowest BCUT2D eigenvalue weighted by atomic mass is 9.85. The van der Waals surface area contributed by atoms with Gasteiger partial charge in [0.05, 0.1) is 0 Å². The van der Waals surface area contributed by atoms with E-state index in [0.29, 0.717) is 6.04 Å². The van der Waals surface area contributed by atoms with E-state index >= 15 is 0 Å². The molecule has 5 unspecified atom stereocenters. The molecule has 0 amide bonds. The van der Waals surface area contributed by atoms with Crippen molar-refractivity contribution in [1.29, 1.82) is 0 Å². The fraction of sp³-hybridized carbons (Fsp3) is 1.00. The Morgan fingerprint density at radius 3 is 2.18 bits per heavy atom. The van der Waals surface area contributed by atoms with Crippen LogP contribution in [0.2, 0.25) is 0 Å². The van der Waals surface area contributed by atoms with Gasteiger partial charge in [-0.1, -0.05) is 6.42 Å². The summed E-state index contributed by atoms with van der Waals surface area (Å²) in [7, 11) is 0. The van der Waals surface area contributed by atoms with E-state index in [0.717, 1.165) is 23.7 Å². The van der Waals surface area contributed by atoms with Crippen LogP contribution in [-0.4, -0.2) is 6.04 Å². The normalized spacial score (nSPS) is 60.3. The average Bonchev–Trinajstić information content (AvgIpc) is 2.52. The molecule has 0 heterocycles. The number of rotatable bonds is 1. The predicted molar refractivity (Wildman–Crippen MR) is 45.0 cm³/mol. The molecule has 0 saturated heterocycles. The molecule has 0 radical (unpaired) electrons. The highest BCUT2D eigenvalue weighted by Crippen LogP contribution is 2.56. The van der Waals surface area contributed by atoms with E-state index in [-0.39, 0.29) is 0 Å². The summed E-state index contributed by atoms with van der Waals surface area (Å²) in [5.74, 6) is 4.21. The van der Waals surface area contributed by atoms with Crippen molar-refractivity contribution in [3.63, 3.8) is 0 Å². The third kappa shape index (κ3) is 0.868. The molecule has 3 aliphatic rings. The Hall–Kier alpha value is -0.0400. The first kappa shape index (κ1) is 6.47. The minimum atomic E-state index is 0.597. The summed E-state index contributed by atoms with van der Waals surface area (Å²) in [6, 6.07) is 0.597. The van der Waals surface area contributed by atoms with Crippen LogP contribution in [0.25, 0.3) is 0 Å². The Labute approximate surface area is 68.3 Å². The quantitative estimate of drug-likeness (QED) is 0.607. The molecule has 0 aromatic heterocycles. The summed E-state index contributed by atoms with van der Waals surface area (Å²) >= 11 is 0. The van der Waals surface area contributed by atoms with E-state index in [9.17, 15) is 0 Å². The van der Waals surface area contributed by atoms with Crippen LogP contribution < -0.4 is 5.73 Å². The van der Waals surface area contributed by atoms with Crippen molar-refractivity contribution in [3.8, 4) is 0 Å². The number of fused-ring (bicyclic) bond motifs is 2. The maximum Gasteiger partial charge on any atom is 0.00738 e. The largest absolute Gasteiger partial charge is 0.327 e. The van der Waals surface area contributed by atoms with Gasteiger partial charge in [0, 0.05) is 6.04 Å². The first-order chi connectivity index (χ1) is 5.34. The molecule has 1 nitrogen and oxygen atoms in total. The monoisotopic (exact) mass is 151 g/mol. The van der Waals surface area contributed by atoms with Gasteiger partial charge in [-0.25, -0.2) is 0 Å². The van der Waals surface area contributed by atoms with Crippen LogP contribution >= 0.6 is 0 Å². The zero-order valence-electron chi connectivity index (χ0n) is 7.00. The van der Waals surface area contributed by atoms with Crippen LogP contribution in [0.5, 0.6) is 0 Å². The first-order valence-electron chi connectivity index (χ1n) is 5.10. The lowest BCUT2D eigenvalue weighted by molar-refractivity contribution is 0.293. The summed E-state index contributed by atoms with van der Waals surface area (Å²) < 4.78 is 0. The maximum atomic E-state index is 5.88. The molecule has 5 atom stereocenters. The Morgan fingerprint density at radius 1 is 0.909 bits per heavy atom. The van der Waals surface area contributed by atoms with Gasteiger partial charge < -0.3 is 5.73 Å². The van der Waals surface area contributed by atoms with Crippen molar-refractivity contribution >= 4 is 0 Å². The molecule has 0 aromatic rings. The van der Waals surface area contributed by atoms with Crippen molar-refractivity contribution < 1.29 is 0 Å². The van der Waals surface area contributed by atoms with E-state index < -0.39 is 0 Å². The lowest BCUT2D eigenvalue weighted by Gasteiger charge is -2.21. The van der Waals surface area contributed by atoms with Gasteiger partial charge in [-0.15, -0.1) is 0 Å². The second kappa shape index (κ2) is 2.01. The number of hydrogen-bond acceptors (Lipinski definition) is 1. The summed E-state index contributed by atoms with van der Waals surface area (Å²) in [6.45, 7) is 0. The van der Waals surface area contributed by atoms with Gasteiger partial charge in [-0.05, 0) is 49.4 Å². The molecular weight excluding hydrogens is 134 g/mol. The van der Waals surface area contributed by atoms with Crippen molar-refractivity contribution in [2.24, 2.45) is 29.4 Å². The Bertz CT molecular complexity index is 178. The number of nitrogens with two attached hydrogens (primary N) is 1. The van der Waals surface area contributed by atoms with Gasteiger partial charge in [-0.3, -0.25) is 0 Å².